The van der Waals surface area contributed by atoms with Gasteiger partial charge in [-0.25, -0.2) is 0 Å². The molecule has 4 rings (SSSR count). The highest BCUT2D eigenvalue weighted by Crippen LogP contribution is 2.28. The second-order valence-electron chi connectivity index (χ2n) is 7.53. The van der Waals surface area contributed by atoms with Crippen LogP contribution in [-0.2, 0) is 11.4 Å². The number of carboxylic acids is 1. The lowest BCUT2D eigenvalue weighted by molar-refractivity contribution is -0.143. The molecular weight excluding hydrogens is 414 g/mol. The molecular formula is C23H23N3O6. The van der Waals surface area contributed by atoms with Crippen LogP contribution in [0.2, 0.25) is 0 Å². The minimum Gasteiger partial charge on any atom is -0.490 e. The van der Waals surface area contributed by atoms with Crippen LogP contribution in [0.1, 0.15) is 41.9 Å². The number of nitrogens with zero attached hydrogens (tertiary/aromatic N) is 2. The number of aliphatic carboxylic acids is 1. The Bertz CT molecular complexity index is 1040. The van der Waals surface area contributed by atoms with Crippen molar-refractivity contribution in [1.82, 2.24) is 10.1 Å². The summed E-state index contributed by atoms with van der Waals surface area (Å²) in [6.45, 7) is 0.115. The predicted molar refractivity (Wildman–Crippen MR) is 113 cm³/mol. The van der Waals surface area contributed by atoms with Gasteiger partial charge in [-0.15, -0.1) is 0 Å². The molecule has 1 heterocycles. The van der Waals surface area contributed by atoms with E-state index in [4.69, 9.17) is 19.1 Å². The zero-order valence-corrected chi connectivity index (χ0v) is 17.3. The van der Waals surface area contributed by atoms with E-state index in [1.165, 1.54) is 0 Å². The van der Waals surface area contributed by atoms with E-state index in [9.17, 15) is 9.59 Å². The van der Waals surface area contributed by atoms with E-state index in [2.05, 4.69) is 15.5 Å². The van der Waals surface area contributed by atoms with Crippen LogP contribution in [0.25, 0.3) is 0 Å². The van der Waals surface area contributed by atoms with Gasteiger partial charge in [0.1, 0.15) is 11.5 Å². The summed E-state index contributed by atoms with van der Waals surface area (Å²) in [6.07, 6.45) is 2.62. The SMILES string of the molecule is O=C(Nc1nc(COc2ccccc2)no1)c1ccc(O[C@H]2CC[C@@H](C(=O)O)CC2)cc1. The zero-order valence-electron chi connectivity index (χ0n) is 17.3. The fourth-order valence-corrected chi connectivity index (χ4v) is 3.50. The quantitative estimate of drug-likeness (QED) is 0.543. The Labute approximate surface area is 184 Å². The highest BCUT2D eigenvalue weighted by Gasteiger charge is 2.26. The van der Waals surface area contributed by atoms with Gasteiger partial charge >= 0.3 is 12.0 Å². The number of ether oxygens (including phenoxy) is 2. The van der Waals surface area contributed by atoms with E-state index in [-0.39, 0.29) is 24.6 Å². The Balaban J connectivity index is 1.26. The molecule has 9 nitrogen and oxygen atoms in total. The van der Waals surface area contributed by atoms with E-state index in [1.54, 1.807) is 24.3 Å². The number of hydrogen-bond acceptors (Lipinski definition) is 7. The number of para-hydroxylation sites is 1. The maximum Gasteiger partial charge on any atom is 0.328 e. The number of hydrogen-bond donors (Lipinski definition) is 2. The zero-order chi connectivity index (χ0) is 22.3. The van der Waals surface area contributed by atoms with Gasteiger partial charge in [-0.05, 0) is 62.1 Å². The van der Waals surface area contributed by atoms with Crippen LogP contribution in [-0.4, -0.2) is 33.2 Å². The Morgan fingerprint density at radius 3 is 2.41 bits per heavy atom. The number of carbonyl (C=O) groups is 2. The van der Waals surface area contributed by atoms with Crippen LogP contribution >= 0.6 is 0 Å². The van der Waals surface area contributed by atoms with Crippen molar-refractivity contribution in [2.45, 2.75) is 38.4 Å². The second kappa shape index (κ2) is 9.95. The van der Waals surface area contributed by atoms with E-state index in [0.717, 1.165) is 0 Å². The van der Waals surface area contributed by atoms with E-state index < -0.39 is 11.9 Å². The third-order valence-corrected chi connectivity index (χ3v) is 5.24. The fourth-order valence-electron chi connectivity index (χ4n) is 3.50. The Morgan fingerprint density at radius 1 is 1.00 bits per heavy atom. The van der Waals surface area contributed by atoms with Gasteiger partial charge in [-0.1, -0.05) is 23.4 Å². The molecule has 2 N–H and O–H groups in total. The Morgan fingerprint density at radius 2 is 1.72 bits per heavy atom. The molecule has 0 atom stereocenters. The van der Waals surface area contributed by atoms with Crippen molar-refractivity contribution in [3.8, 4) is 11.5 Å². The van der Waals surface area contributed by atoms with Gasteiger partial charge in [0.15, 0.2) is 6.61 Å². The average Bonchev–Trinajstić information content (AvgIpc) is 3.26. The lowest BCUT2D eigenvalue weighted by atomic mass is 9.87. The highest BCUT2D eigenvalue weighted by atomic mass is 16.5. The third-order valence-electron chi connectivity index (χ3n) is 5.24. The lowest BCUT2D eigenvalue weighted by Crippen LogP contribution is -2.27. The monoisotopic (exact) mass is 437 g/mol. The van der Waals surface area contributed by atoms with Gasteiger partial charge in [0.2, 0.25) is 5.82 Å². The normalized spacial score (nSPS) is 18.0. The number of anilines is 1. The van der Waals surface area contributed by atoms with E-state index in [1.807, 2.05) is 30.3 Å². The summed E-state index contributed by atoms with van der Waals surface area (Å²) in [5.41, 5.74) is 0.409. The molecule has 3 aromatic rings. The molecule has 0 saturated heterocycles. The molecule has 1 aliphatic carbocycles. The number of amides is 1. The second-order valence-corrected chi connectivity index (χ2v) is 7.53. The molecule has 0 unspecified atom stereocenters. The molecule has 0 bridgehead atoms. The third kappa shape index (κ3) is 5.63. The van der Waals surface area contributed by atoms with Crippen molar-refractivity contribution in [2.24, 2.45) is 5.92 Å². The van der Waals surface area contributed by atoms with Crippen LogP contribution in [0.4, 0.5) is 6.01 Å². The van der Waals surface area contributed by atoms with Crippen LogP contribution in [0, 0.1) is 5.92 Å². The summed E-state index contributed by atoms with van der Waals surface area (Å²) in [7, 11) is 0. The Kier molecular flexibility index (Phi) is 6.64. The predicted octanol–water partition coefficient (Wildman–Crippen LogP) is 3.92. The molecule has 1 saturated carbocycles. The number of aromatic nitrogens is 2. The number of benzene rings is 2. The topological polar surface area (TPSA) is 124 Å². The van der Waals surface area contributed by atoms with Crippen molar-refractivity contribution >= 4 is 17.9 Å². The standard InChI is InChI=1S/C23H23N3O6/c27-21(25-23-24-20(26-32-23)14-30-17-4-2-1-3-5-17)15-6-10-18(11-7-15)31-19-12-8-16(9-13-19)22(28)29/h1-7,10-11,16,19H,8-9,12-14H2,(H,28,29)(H,24,25,26,27)/t16-,19+. The van der Waals surface area contributed by atoms with Gasteiger partial charge in [0, 0.05) is 5.56 Å². The molecule has 2 aromatic carbocycles. The molecule has 9 heteroatoms. The molecule has 0 spiro atoms. The Hall–Kier alpha value is -3.88. The van der Waals surface area contributed by atoms with Crippen LogP contribution < -0.4 is 14.8 Å². The minimum atomic E-state index is -0.740. The van der Waals surface area contributed by atoms with Crippen LogP contribution in [0.5, 0.6) is 11.5 Å². The number of carbonyl (C=O) groups excluding carboxylic acids is 1. The molecule has 1 fully saturated rings. The van der Waals surface area contributed by atoms with Crippen molar-refractivity contribution in [3.63, 3.8) is 0 Å². The summed E-state index contributed by atoms with van der Waals surface area (Å²) in [4.78, 5) is 27.6. The molecule has 166 valence electrons. The van der Waals surface area contributed by atoms with Gasteiger partial charge < -0.3 is 19.1 Å². The van der Waals surface area contributed by atoms with Crippen LogP contribution in [0.3, 0.4) is 0 Å². The molecule has 1 amide bonds. The fraction of sp³-hybridized carbons (Fsp3) is 0.304. The lowest BCUT2D eigenvalue weighted by Gasteiger charge is -2.26. The number of nitrogens with one attached hydrogen (secondary N) is 1. The van der Waals surface area contributed by atoms with Gasteiger partial charge in [0.05, 0.1) is 12.0 Å². The molecule has 0 radical (unpaired) electrons. The van der Waals surface area contributed by atoms with E-state index in [0.29, 0.717) is 48.6 Å². The first-order valence-corrected chi connectivity index (χ1v) is 10.4. The van der Waals surface area contributed by atoms with Gasteiger partial charge in [0.25, 0.3) is 5.91 Å². The summed E-state index contributed by atoms with van der Waals surface area (Å²) < 4.78 is 16.5. The van der Waals surface area contributed by atoms with Crippen molar-refractivity contribution in [2.75, 3.05) is 5.32 Å². The number of carboxylic acid groups (broad SMARTS) is 1. The van der Waals surface area contributed by atoms with E-state index >= 15 is 0 Å². The minimum absolute atomic E-state index is 0.0137. The van der Waals surface area contributed by atoms with Crippen molar-refractivity contribution < 1.29 is 28.7 Å². The van der Waals surface area contributed by atoms with Crippen molar-refractivity contribution in [1.29, 1.82) is 0 Å². The molecule has 1 aromatic heterocycles. The van der Waals surface area contributed by atoms with Gasteiger partial charge in [-0.3, -0.25) is 14.9 Å². The maximum atomic E-state index is 12.4. The summed E-state index contributed by atoms with van der Waals surface area (Å²) >= 11 is 0. The van der Waals surface area contributed by atoms with Crippen LogP contribution in [0.15, 0.2) is 59.1 Å². The molecule has 0 aliphatic heterocycles. The number of rotatable bonds is 8. The maximum absolute atomic E-state index is 12.4. The smallest absolute Gasteiger partial charge is 0.328 e. The largest absolute Gasteiger partial charge is 0.490 e. The summed E-state index contributed by atoms with van der Waals surface area (Å²) in [6, 6.07) is 15.9. The average molecular weight is 437 g/mol. The summed E-state index contributed by atoms with van der Waals surface area (Å²) in [5.74, 6) is 0.216. The summed E-state index contributed by atoms with van der Waals surface area (Å²) in [5, 5.41) is 15.4. The molecule has 1 aliphatic rings. The first-order valence-electron chi connectivity index (χ1n) is 10.4. The highest BCUT2D eigenvalue weighted by molar-refractivity contribution is 6.03. The first kappa shape index (κ1) is 21.4. The van der Waals surface area contributed by atoms with Gasteiger partial charge in [-0.2, -0.15) is 4.98 Å². The van der Waals surface area contributed by atoms with Crippen molar-refractivity contribution in [3.05, 3.63) is 66.0 Å². The molecule has 32 heavy (non-hydrogen) atoms. The first-order chi connectivity index (χ1) is 15.6.